The van der Waals surface area contributed by atoms with E-state index in [0.717, 1.165) is 36.8 Å². The predicted molar refractivity (Wildman–Crippen MR) is 122 cm³/mol. The molecule has 6 heteroatoms. The number of carbonyl (C=O) groups is 2. The van der Waals surface area contributed by atoms with Gasteiger partial charge in [-0.1, -0.05) is 30.3 Å². The minimum absolute atomic E-state index is 0.251. The Hall–Kier alpha value is -3.12. The second-order valence-electron chi connectivity index (χ2n) is 7.39. The molecule has 1 aliphatic rings. The summed E-state index contributed by atoms with van der Waals surface area (Å²) in [6.07, 6.45) is 3.95. The van der Waals surface area contributed by atoms with Gasteiger partial charge in [0.05, 0.1) is 12.2 Å². The van der Waals surface area contributed by atoms with Crippen LogP contribution in [0.25, 0.3) is 0 Å². The van der Waals surface area contributed by atoms with Crippen LogP contribution in [0.5, 0.6) is 5.75 Å². The number of anilines is 1. The SMILES string of the molecule is CCOC(=O)c1c(NC(=O)c2ccc(OCc3ccccc3)cc2)sc2c1CCCC2. The lowest BCUT2D eigenvalue weighted by Crippen LogP contribution is -2.15. The summed E-state index contributed by atoms with van der Waals surface area (Å²) >= 11 is 1.49. The fourth-order valence-electron chi connectivity index (χ4n) is 3.69. The zero-order valence-electron chi connectivity index (χ0n) is 17.5. The van der Waals surface area contributed by atoms with Crippen LogP contribution >= 0.6 is 11.3 Å². The van der Waals surface area contributed by atoms with Gasteiger partial charge in [-0.3, -0.25) is 4.79 Å². The Labute approximate surface area is 186 Å². The molecule has 1 aromatic heterocycles. The van der Waals surface area contributed by atoms with Gasteiger partial charge in [-0.05, 0) is 68.0 Å². The van der Waals surface area contributed by atoms with Crippen LogP contribution in [-0.2, 0) is 24.2 Å². The number of amides is 1. The van der Waals surface area contributed by atoms with Gasteiger partial charge in [-0.15, -0.1) is 11.3 Å². The molecule has 2 aromatic carbocycles. The van der Waals surface area contributed by atoms with E-state index in [4.69, 9.17) is 9.47 Å². The molecule has 31 heavy (non-hydrogen) atoms. The predicted octanol–water partition coefficient (Wildman–Crippen LogP) is 5.63. The maximum Gasteiger partial charge on any atom is 0.341 e. The normalized spacial score (nSPS) is 12.7. The lowest BCUT2D eigenvalue weighted by atomic mass is 9.95. The summed E-state index contributed by atoms with van der Waals surface area (Å²) in [5, 5.41) is 3.52. The molecule has 0 aliphatic heterocycles. The van der Waals surface area contributed by atoms with E-state index in [2.05, 4.69) is 5.32 Å². The molecule has 0 atom stereocenters. The molecule has 0 saturated heterocycles. The number of hydrogen-bond donors (Lipinski definition) is 1. The largest absolute Gasteiger partial charge is 0.489 e. The van der Waals surface area contributed by atoms with Gasteiger partial charge in [0, 0.05) is 10.4 Å². The van der Waals surface area contributed by atoms with Crippen molar-refractivity contribution >= 4 is 28.2 Å². The number of fused-ring (bicyclic) bond motifs is 1. The van der Waals surface area contributed by atoms with Crippen LogP contribution in [0.2, 0.25) is 0 Å². The highest BCUT2D eigenvalue weighted by atomic mass is 32.1. The number of hydrogen-bond acceptors (Lipinski definition) is 5. The minimum atomic E-state index is -0.359. The van der Waals surface area contributed by atoms with Gasteiger partial charge in [-0.25, -0.2) is 4.79 Å². The quantitative estimate of drug-likeness (QED) is 0.488. The molecule has 0 bridgehead atoms. The molecule has 0 fully saturated rings. The molecular weight excluding hydrogens is 410 g/mol. The Morgan fingerprint density at radius 2 is 1.74 bits per heavy atom. The standard InChI is InChI=1S/C25H25NO4S/c1-2-29-25(28)22-20-10-6-7-11-21(20)31-24(22)26-23(27)18-12-14-19(15-13-18)30-16-17-8-4-3-5-9-17/h3-5,8-9,12-15H,2,6-7,10-11,16H2,1H3,(H,26,27). The van der Waals surface area contributed by atoms with Crippen molar-refractivity contribution in [1.29, 1.82) is 0 Å². The Morgan fingerprint density at radius 1 is 1.00 bits per heavy atom. The molecule has 1 aliphatic carbocycles. The van der Waals surface area contributed by atoms with E-state index < -0.39 is 0 Å². The summed E-state index contributed by atoms with van der Waals surface area (Å²) in [7, 11) is 0. The van der Waals surface area contributed by atoms with Crippen LogP contribution in [-0.4, -0.2) is 18.5 Å². The molecule has 1 amide bonds. The van der Waals surface area contributed by atoms with Crippen molar-refractivity contribution in [3.63, 3.8) is 0 Å². The van der Waals surface area contributed by atoms with Crippen molar-refractivity contribution in [3.8, 4) is 5.75 Å². The van der Waals surface area contributed by atoms with Crippen LogP contribution in [0.4, 0.5) is 5.00 Å². The first kappa shape index (κ1) is 21.1. The molecule has 5 nitrogen and oxygen atoms in total. The molecule has 160 valence electrons. The Morgan fingerprint density at radius 3 is 2.48 bits per heavy atom. The topological polar surface area (TPSA) is 64.6 Å². The van der Waals surface area contributed by atoms with E-state index in [1.165, 1.54) is 16.2 Å². The van der Waals surface area contributed by atoms with E-state index in [0.29, 0.717) is 35.1 Å². The zero-order chi connectivity index (χ0) is 21.6. The summed E-state index contributed by atoms with van der Waals surface area (Å²) in [6.45, 7) is 2.56. The Kier molecular flexibility index (Phi) is 6.67. The van der Waals surface area contributed by atoms with Gasteiger partial charge in [0.2, 0.25) is 0 Å². The van der Waals surface area contributed by atoms with Gasteiger partial charge >= 0.3 is 5.97 Å². The Bertz CT molecular complexity index is 1060. The number of rotatable bonds is 7. The van der Waals surface area contributed by atoms with E-state index in [1.807, 2.05) is 30.3 Å². The molecule has 4 rings (SSSR count). The molecule has 1 N–H and O–H groups in total. The fraction of sp³-hybridized carbons (Fsp3) is 0.280. The van der Waals surface area contributed by atoms with Crippen LogP contribution < -0.4 is 10.1 Å². The molecule has 0 saturated carbocycles. The van der Waals surface area contributed by atoms with Crippen LogP contribution in [0.3, 0.4) is 0 Å². The lowest BCUT2D eigenvalue weighted by molar-refractivity contribution is 0.0526. The van der Waals surface area contributed by atoms with Crippen LogP contribution in [0, 0.1) is 0 Å². The van der Waals surface area contributed by atoms with Crippen LogP contribution in [0.1, 0.15) is 56.5 Å². The van der Waals surface area contributed by atoms with Gasteiger partial charge in [0.15, 0.2) is 0 Å². The van der Waals surface area contributed by atoms with Crippen molar-refractivity contribution in [2.45, 2.75) is 39.2 Å². The number of esters is 1. The third kappa shape index (κ3) is 4.97. The highest BCUT2D eigenvalue weighted by Crippen LogP contribution is 2.38. The van der Waals surface area contributed by atoms with E-state index in [-0.39, 0.29) is 11.9 Å². The lowest BCUT2D eigenvalue weighted by Gasteiger charge is -2.12. The highest BCUT2D eigenvalue weighted by Gasteiger charge is 2.27. The summed E-state index contributed by atoms with van der Waals surface area (Å²) in [5.74, 6) is 0.0832. The minimum Gasteiger partial charge on any atom is -0.489 e. The maximum atomic E-state index is 12.9. The number of ether oxygens (including phenoxy) is 2. The fourth-order valence-corrected chi connectivity index (χ4v) is 4.96. The van der Waals surface area contributed by atoms with E-state index >= 15 is 0 Å². The monoisotopic (exact) mass is 435 g/mol. The number of benzene rings is 2. The van der Waals surface area contributed by atoms with Crippen molar-refractivity contribution < 1.29 is 19.1 Å². The van der Waals surface area contributed by atoms with Crippen molar-refractivity contribution in [2.24, 2.45) is 0 Å². The molecule has 3 aromatic rings. The average molecular weight is 436 g/mol. The number of thiophene rings is 1. The first-order chi connectivity index (χ1) is 15.2. The average Bonchev–Trinajstić information content (AvgIpc) is 3.16. The van der Waals surface area contributed by atoms with Gasteiger partial charge in [0.1, 0.15) is 17.4 Å². The van der Waals surface area contributed by atoms with Gasteiger partial charge < -0.3 is 14.8 Å². The second kappa shape index (κ2) is 9.79. The molecule has 1 heterocycles. The van der Waals surface area contributed by atoms with Gasteiger partial charge in [0.25, 0.3) is 5.91 Å². The second-order valence-corrected chi connectivity index (χ2v) is 8.49. The summed E-state index contributed by atoms with van der Waals surface area (Å²) < 4.78 is 11.0. The van der Waals surface area contributed by atoms with Gasteiger partial charge in [-0.2, -0.15) is 0 Å². The molecule has 0 spiro atoms. The van der Waals surface area contributed by atoms with Crippen molar-refractivity contribution in [3.05, 3.63) is 81.7 Å². The van der Waals surface area contributed by atoms with E-state index in [9.17, 15) is 9.59 Å². The van der Waals surface area contributed by atoms with E-state index in [1.54, 1.807) is 31.2 Å². The molecule has 0 unspecified atom stereocenters. The summed E-state index contributed by atoms with van der Waals surface area (Å²) in [5.41, 5.74) is 3.15. The number of carbonyl (C=O) groups excluding carboxylic acids is 2. The first-order valence-electron chi connectivity index (χ1n) is 10.6. The Balaban J connectivity index is 1.47. The maximum absolute atomic E-state index is 12.9. The number of aryl methyl sites for hydroxylation is 1. The van der Waals surface area contributed by atoms with Crippen molar-refractivity contribution in [1.82, 2.24) is 0 Å². The summed E-state index contributed by atoms with van der Waals surface area (Å²) in [6, 6.07) is 16.9. The summed E-state index contributed by atoms with van der Waals surface area (Å²) in [4.78, 5) is 26.6. The van der Waals surface area contributed by atoms with Crippen LogP contribution in [0.15, 0.2) is 54.6 Å². The number of nitrogens with one attached hydrogen (secondary N) is 1. The smallest absolute Gasteiger partial charge is 0.341 e. The first-order valence-corrected chi connectivity index (χ1v) is 11.4. The molecule has 0 radical (unpaired) electrons. The third-order valence-corrected chi connectivity index (χ3v) is 6.45. The van der Waals surface area contributed by atoms with Crippen molar-refractivity contribution in [2.75, 3.05) is 11.9 Å². The third-order valence-electron chi connectivity index (χ3n) is 5.24. The molecular formula is C25H25NO4S. The highest BCUT2D eigenvalue weighted by molar-refractivity contribution is 7.17. The zero-order valence-corrected chi connectivity index (χ0v) is 18.3.